The monoisotopic (exact) mass is 238 g/mol. The molecule has 0 aliphatic heterocycles. The van der Waals surface area contributed by atoms with E-state index in [1.807, 2.05) is 6.92 Å². The maximum atomic E-state index is 11.9. The summed E-state index contributed by atoms with van der Waals surface area (Å²) in [5.74, 6) is 0. The molecule has 0 radical (unpaired) electrons. The first-order valence-corrected chi connectivity index (χ1v) is 5.54. The molecule has 1 heterocycles. The largest absolute Gasteiger partial charge is 0.389 e. The first kappa shape index (κ1) is 12.4. The fourth-order valence-electron chi connectivity index (χ4n) is 1.04. The lowest BCUT2D eigenvalue weighted by Crippen LogP contribution is -2.10. The molecule has 0 saturated heterocycles. The van der Waals surface area contributed by atoms with Crippen molar-refractivity contribution in [2.75, 3.05) is 6.54 Å². The molecule has 0 unspecified atom stereocenters. The lowest BCUT2D eigenvalue weighted by molar-refractivity contribution is -0.133. The number of alkyl halides is 3. The van der Waals surface area contributed by atoms with E-state index in [0.717, 1.165) is 11.4 Å². The number of halogens is 3. The van der Waals surface area contributed by atoms with Crippen molar-refractivity contribution >= 4 is 11.3 Å². The minimum Gasteiger partial charge on any atom is -0.312 e. The van der Waals surface area contributed by atoms with E-state index >= 15 is 0 Å². The van der Waals surface area contributed by atoms with Gasteiger partial charge in [-0.1, -0.05) is 6.92 Å². The van der Waals surface area contributed by atoms with Crippen LogP contribution >= 0.6 is 11.3 Å². The van der Waals surface area contributed by atoms with Gasteiger partial charge in [-0.2, -0.15) is 13.2 Å². The first-order valence-electron chi connectivity index (χ1n) is 4.72. The van der Waals surface area contributed by atoms with Gasteiger partial charge in [0.15, 0.2) is 0 Å². The highest BCUT2D eigenvalue weighted by Gasteiger charge is 2.27. The molecular weight excluding hydrogens is 225 g/mol. The molecular formula is C9H13F3N2S. The molecule has 0 aromatic carbocycles. The fourth-order valence-corrected chi connectivity index (χ4v) is 1.93. The van der Waals surface area contributed by atoms with Crippen LogP contribution in [0.3, 0.4) is 0 Å². The van der Waals surface area contributed by atoms with Crippen LogP contribution in [-0.2, 0) is 13.0 Å². The van der Waals surface area contributed by atoms with Crippen molar-refractivity contribution in [3.05, 3.63) is 16.1 Å². The molecule has 0 aliphatic carbocycles. The summed E-state index contributed by atoms with van der Waals surface area (Å²) < 4.78 is 35.7. The van der Waals surface area contributed by atoms with E-state index < -0.39 is 12.6 Å². The van der Waals surface area contributed by atoms with Crippen LogP contribution in [0.25, 0.3) is 0 Å². The third kappa shape index (κ3) is 5.13. The van der Waals surface area contributed by atoms with Crippen LogP contribution in [0.15, 0.2) is 6.20 Å². The number of aromatic nitrogens is 1. The second kappa shape index (κ2) is 5.46. The summed E-state index contributed by atoms with van der Waals surface area (Å²) in [5, 5.41) is 3.65. The summed E-state index contributed by atoms with van der Waals surface area (Å²) in [6, 6.07) is 0. The van der Waals surface area contributed by atoms with Gasteiger partial charge in [-0.15, -0.1) is 11.3 Å². The molecule has 1 N–H and O–H groups in total. The Bertz CT molecular complexity index is 296. The highest BCUT2D eigenvalue weighted by molar-refractivity contribution is 7.11. The van der Waals surface area contributed by atoms with Gasteiger partial charge < -0.3 is 5.32 Å². The van der Waals surface area contributed by atoms with Crippen LogP contribution in [0.4, 0.5) is 13.2 Å². The predicted octanol–water partition coefficient (Wildman–Crippen LogP) is 2.75. The Morgan fingerprint density at radius 3 is 2.80 bits per heavy atom. The van der Waals surface area contributed by atoms with Crippen LogP contribution in [0.2, 0.25) is 0 Å². The summed E-state index contributed by atoms with van der Waals surface area (Å²) in [5.41, 5.74) is 0. The van der Waals surface area contributed by atoms with E-state index in [1.165, 1.54) is 11.3 Å². The zero-order chi connectivity index (χ0) is 11.3. The Balaban J connectivity index is 2.39. The van der Waals surface area contributed by atoms with Gasteiger partial charge in [0, 0.05) is 30.5 Å². The van der Waals surface area contributed by atoms with E-state index in [9.17, 15) is 13.2 Å². The molecule has 1 rings (SSSR count). The predicted molar refractivity (Wildman–Crippen MR) is 53.9 cm³/mol. The molecule has 0 saturated carbocycles. The molecule has 15 heavy (non-hydrogen) atoms. The van der Waals surface area contributed by atoms with Gasteiger partial charge in [-0.05, 0) is 6.54 Å². The maximum Gasteiger partial charge on any atom is 0.389 e. The number of rotatable bonds is 5. The SMILES string of the molecule is CCNCc1cnc(CCC(F)(F)F)s1. The fraction of sp³-hybridized carbons (Fsp3) is 0.667. The van der Waals surface area contributed by atoms with Crippen molar-refractivity contribution in [3.8, 4) is 0 Å². The van der Waals surface area contributed by atoms with Crippen LogP contribution in [-0.4, -0.2) is 17.7 Å². The third-order valence-electron chi connectivity index (χ3n) is 1.77. The van der Waals surface area contributed by atoms with Gasteiger partial charge in [-0.3, -0.25) is 0 Å². The minimum atomic E-state index is -4.09. The van der Waals surface area contributed by atoms with E-state index in [0.29, 0.717) is 11.6 Å². The Morgan fingerprint density at radius 1 is 1.47 bits per heavy atom. The molecule has 0 aliphatic rings. The standard InChI is InChI=1S/C9H13F3N2S/c1-2-13-5-7-6-14-8(15-7)3-4-9(10,11)12/h6,13H,2-5H2,1H3. The van der Waals surface area contributed by atoms with E-state index in [1.54, 1.807) is 6.20 Å². The highest BCUT2D eigenvalue weighted by Crippen LogP contribution is 2.23. The van der Waals surface area contributed by atoms with Gasteiger partial charge in [-0.25, -0.2) is 4.98 Å². The number of hydrogen-bond acceptors (Lipinski definition) is 3. The van der Waals surface area contributed by atoms with Crippen molar-refractivity contribution in [1.29, 1.82) is 0 Å². The molecule has 0 atom stereocenters. The van der Waals surface area contributed by atoms with Crippen molar-refractivity contribution in [2.24, 2.45) is 0 Å². The lowest BCUT2D eigenvalue weighted by Gasteiger charge is -2.02. The van der Waals surface area contributed by atoms with Crippen molar-refractivity contribution in [3.63, 3.8) is 0 Å². The van der Waals surface area contributed by atoms with E-state index in [-0.39, 0.29) is 6.42 Å². The van der Waals surface area contributed by atoms with Crippen molar-refractivity contribution in [2.45, 2.75) is 32.5 Å². The molecule has 0 amide bonds. The summed E-state index contributed by atoms with van der Waals surface area (Å²) in [6.45, 7) is 3.50. The Morgan fingerprint density at radius 2 is 2.20 bits per heavy atom. The Kier molecular flexibility index (Phi) is 4.53. The highest BCUT2D eigenvalue weighted by atomic mass is 32.1. The van der Waals surface area contributed by atoms with Gasteiger partial charge in [0.1, 0.15) is 0 Å². The minimum absolute atomic E-state index is 0.0136. The van der Waals surface area contributed by atoms with Gasteiger partial charge in [0.2, 0.25) is 0 Å². The molecule has 86 valence electrons. The molecule has 0 spiro atoms. The number of aryl methyl sites for hydroxylation is 1. The number of thiazole rings is 1. The van der Waals surface area contributed by atoms with Gasteiger partial charge in [0.05, 0.1) is 5.01 Å². The molecule has 1 aromatic rings. The van der Waals surface area contributed by atoms with Gasteiger partial charge in [0.25, 0.3) is 0 Å². The Labute approximate surface area is 90.5 Å². The van der Waals surface area contributed by atoms with Crippen LogP contribution in [0, 0.1) is 0 Å². The normalized spacial score (nSPS) is 12.0. The quantitative estimate of drug-likeness (QED) is 0.853. The zero-order valence-electron chi connectivity index (χ0n) is 8.40. The summed E-state index contributed by atoms with van der Waals surface area (Å²) in [4.78, 5) is 4.93. The topological polar surface area (TPSA) is 24.9 Å². The summed E-state index contributed by atoms with van der Waals surface area (Å²) >= 11 is 1.34. The smallest absolute Gasteiger partial charge is 0.312 e. The zero-order valence-corrected chi connectivity index (χ0v) is 9.21. The summed E-state index contributed by atoms with van der Waals surface area (Å²) in [6.07, 6.45) is -3.26. The summed E-state index contributed by atoms with van der Waals surface area (Å²) in [7, 11) is 0. The lowest BCUT2D eigenvalue weighted by atomic mass is 10.3. The first-order chi connectivity index (χ1) is 7.01. The van der Waals surface area contributed by atoms with Crippen LogP contribution < -0.4 is 5.32 Å². The average Bonchev–Trinajstić information content (AvgIpc) is 2.58. The molecule has 1 aromatic heterocycles. The molecule has 2 nitrogen and oxygen atoms in total. The van der Waals surface area contributed by atoms with E-state index in [2.05, 4.69) is 10.3 Å². The van der Waals surface area contributed by atoms with Crippen molar-refractivity contribution < 1.29 is 13.2 Å². The number of hydrogen-bond donors (Lipinski definition) is 1. The van der Waals surface area contributed by atoms with Crippen LogP contribution in [0.5, 0.6) is 0 Å². The Hall–Kier alpha value is -0.620. The number of nitrogens with one attached hydrogen (secondary N) is 1. The average molecular weight is 238 g/mol. The second-order valence-electron chi connectivity index (χ2n) is 3.12. The van der Waals surface area contributed by atoms with Crippen LogP contribution in [0.1, 0.15) is 23.2 Å². The van der Waals surface area contributed by atoms with Gasteiger partial charge >= 0.3 is 6.18 Å². The maximum absolute atomic E-state index is 11.9. The van der Waals surface area contributed by atoms with E-state index in [4.69, 9.17) is 0 Å². The molecule has 0 bridgehead atoms. The molecule has 6 heteroatoms. The van der Waals surface area contributed by atoms with Crippen molar-refractivity contribution in [1.82, 2.24) is 10.3 Å². The second-order valence-corrected chi connectivity index (χ2v) is 4.32. The third-order valence-corrected chi connectivity index (χ3v) is 2.83. The molecule has 0 fully saturated rings. The number of nitrogens with zero attached hydrogens (tertiary/aromatic N) is 1.